The van der Waals surface area contributed by atoms with Gasteiger partial charge in [-0.2, -0.15) is 0 Å². The number of nitrogens with one attached hydrogen (secondary N) is 1. The molecule has 0 saturated carbocycles. The van der Waals surface area contributed by atoms with E-state index in [1.54, 1.807) is 11.3 Å². The molecule has 1 aromatic heterocycles. The van der Waals surface area contributed by atoms with Gasteiger partial charge in [0.05, 0.1) is 4.34 Å². The van der Waals surface area contributed by atoms with Crippen LogP contribution in [0, 0.1) is 5.92 Å². The molecule has 1 aromatic rings. The molecule has 3 heterocycles. The summed E-state index contributed by atoms with van der Waals surface area (Å²) in [5.74, 6) is 0.879. The third kappa shape index (κ3) is 2.14. The molecule has 3 rings (SSSR count). The second-order valence-corrected chi connectivity index (χ2v) is 6.60. The highest BCUT2D eigenvalue weighted by atomic mass is 35.5. The molecule has 2 unspecified atom stereocenters. The smallest absolute Gasteiger partial charge is 0.0931 e. The molecule has 2 aliphatic rings. The first kappa shape index (κ1) is 11.0. The van der Waals surface area contributed by atoms with Crippen molar-refractivity contribution >= 4 is 22.9 Å². The van der Waals surface area contributed by atoms with Gasteiger partial charge in [-0.25, -0.2) is 0 Å². The van der Waals surface area contributed by atoms with Crippen LogP contribution in [0.1, 0.15) is 17.7 Å². The molecule has 0 aromatic carbocycles. The SMILES string of the molecule is Clc1ccc(CN2CCCC3CNCC32)s1. The number of rotatable bonds is 2. The van der Waals surface area contributed by atoms with Crippen molar-refractivity contribution in [3.05, 3.63) is 21.3 Å². The molecule has 2 nitrogen and oxygen atoms in total. The Kier molecular flexibility index (Phi) is 3.20. The van der Waals surface area contributed by atoms with Crippen LogP contribution in [0.5, 0.6) is 0 Å². The van der Waals surface area contributed by atoms with E-state index in [4.69, 9.17) is 11.6 Å². The highest BCUT2D eigenvalue weighted by Gasteiger charge is 2.34. The Morgan fingerprint density at radius 1 is 1.44 bits per heavy atom. The molecule has 0 radical (unpaired) electrons. The minimum absolute atomic E-state index is 0.759. The standard InChI is InChI=1S/C12H17ClN2S/c13-12-4-3-10(16-12)8-15-5-1-2-9-6-14-7-11(9)15/h3-4,9,11,14H,1-2,5-8H2. The van der Waals surface area contributed by atoms with Crippen molar-refractivity contribution in [3.63, 3.8) is 0 Å². The van der Waals surface area contributed by atoms with Crippen LogP contribution >= 0.6 is 22.9 Å². The number of likely N-dealkylation sites (tertiary alicyclic amines) is 1. The minimum atomic E-state index is 0.759. The fourth-order valence-electron chi connectivity index (χ4n) is 3.00. The van der Waals surface area contributed by atoms with Gasteiger partial charge in [-0.1, -0.05) is 11.6 Å². The van der Waals surface area contributed by atoms with E-state index in [-0.39, 0.29) is 0 Å². The molecule has 2 fully saturated rings. The van der Waals surface area contributed by atoms with Crippen LogP contribution in [-0.2, 0) is 6.54 Å². The average molecular weight is 257 g/mol. The monoisotopic (exact) mass is 256 g/mol. The molecule has 2 saturated heterocycles. The summed E-state index contributed by atoms with van der Waals surface area (Å²) < 4.78 is 0.910. The van der Waals surface area contributed by atoms with E-state index >= 15 is 0 Å². The summed E-state index contributed by atoms with van der Waals surface area (Å²) in [7, 11) is 0. The van der Waals surface area contributed by atoms with Crippen LogP contribution in [-0.4, -0.2) is 30.6 Å². The summed E-state index contributed by atoms with van der Waals surface area (Å²) in [5, 5.41) is 3.52. The Balaban J connectivity index is 1.69. The van der Waals surface area contributed by atoms with Crippen molar-refractivity contribution in [3.8, 4) is 0 Å². The number of halogens is 1. The van der Waals surface area contributed by atoms with Gasteiger partial charge >= 0.3 is 0 Å². The normalized spacial score (nSPS) is 30.6. The molecule has 0 aliphatic carbocycles. The third-order valence-corrected chi connectivity index (χ3v) is 5.00. The molecule has 4 heteroatoms. The van der Waals surface area contributed by atoms with E-state index < -0.39 is 0 Å². The summed E-state index contributed by atoms with van der Waals surface area (Å²) in [5.41, 5.74) is 0. The van der Waals surface area contributed by atoms with E-state index in [9.17, 15) is 0 Å². The minimum Gasteiger partial charge on any atom is -0.315 e. The third-order valence-electron chi connectivity index (χ3n) is 3.78. The molecule has 88 valence electrons. The Hall–Kier alpha value is -0.0900. The Morgan fingerprint density at radius 2 is 2.38 bits per heavy atom. The van der Waals surface area contributed by atoms with Crippen molar-refractivity contribution in [2.24, 2.45) is 5.92 Å². The molecule has 16 heavy (non-hydrogen) atoms. The second kappa shape index (κ2) is 4.65. The van der Waals surface area contributed by atoms with Gasteiger partial charge in [0.2, 0.25) is 0 Å². The lowest BCUT2D eigenvalue weighted by Crippen LogP contribution is -2.44. The molecule has 0 amide bonds. The summed E-state index contributed by atoms with van der Waals surface area (Å²) in [6, 6.07) is 4.93. The van der Waals surface area contributed by atoms with E-state index in [1.807, 2.05) is 6.07 Å². The fourth-order valence-corrected chi connectivity index (χ4v) is 4.11. The van der Waals surface area contributed by atoms with Crippen molar-refractivity contribution < 1.29 is 0 Å². The van der Waals surface area contributed by atoms with Crippen LogP contribution in [0.3, 0.4) is 0 Å². The van der Waals surface area contributed by atoms with Gasteiger partial charge in [-0.15, -0.1) is 11.3 Å². The lowest BCUT2D eigenvalue weighted by molar-refractivity contribution is 0.119. The number of fused-ring (bicyclic) bond motifs is 1. The van der Waals surface area contributed by atoms with Gasteiger partial charge in [0, 0.05) is 24.0 Å². The highest BCUT2D eigenvalue weighted by Crippen LogP contribution is 2.30. The van der Waals surface area contributed by atoms with Gasteiger partial charge in [-0.05, 0) is 44.0 Å². The Labute approximate surface area is 106 Å². The lowest BCUT2D eigenvalue weighted by atomic mass is 9.92. The van der Waals surface area contributed by atoms with Gasteiger partial charge in [-0.3, -0.25) is 4.90 Å². The number of piperidine rings is 1. The summed E-state index contributed by atoms with van der Waals surface area (Å²) in [6.07, 6.45) is 2.75. The van der Waals surface area contributed by atoms with Crippen LogP contribution in [0.4, 0.5) is 0 Å². The Morgan fingerprint density at radius 3 is 3.19 bits per heavy atom. The zero-order chi connectivity index (χ0) is 11.0. The first-order valence-corrected chi connectivity index (χ1v) is 7.21. The predicted molar refractivity (Wildman–Crippen MR) is 69.1 cm³/mol. The topological polar surface area (TPSA) is 15.3 Å². The van der Waals surface area contributed by atoms with Crippen molar-refractivity contribution in [1.82, 2.24) is 10.2 Å². The maximum absolute atomic E-state index is 5.98. The highest BCUT2D eigenvalue weighted by molar-refractivity contribution is 7.16. The summed E-state index contributed by atoms with van der Waals surface area (Å²) in [4.78, 5) is 4.04. The van der Waals surface area contributed by atoms with Gasteiger partial charge in [0.25, 0.3) is 0 Å². The van der Waals surface area contributed by atoms with Crippen molar-refractivity contribution in [1.29, 1.82) is 0 Å². The van der Waals surface area contributed by atoms with Crippen molar-refractivity contribution in [2.45, 2.75) is 25.4 Å². The van der Waals surface area contributed by atoms with Gasteiger partial charge < -0.3 is 5.32 Å². The quantitative estimate of drug-likeness (QED) is 0.875. The van der Waals surface area contributed by atoms with E-state index in [2.05, 4.69) is 16.3 Å². The first-order valence-electron chi connectivity index (χ1n) is 6.02. The summed E-state index contributed by atoms with van der Waals surface area (Å²) >= 11 is 7.70. The molecule has 2 atom stereocenters. The van der Waals surface area contributed by atoms with E-state index in [1.165, 1.54) is 37.4 Å². The molecule has 0 bridgehead atoms. The fraction of sp³-hybridized carbons (Fsp3) is 0.667. The zero-order valence-corrected chi connectivity index (χ0v) is 10.9. The molecule has 2 aliphatic heterocycles. The number of nitrogens with zero attached hydrogens (tertiary/aromatic N) is 1. The number of hydrogen-bond acceptors (Lipinski definition) is 3. The molecular formula is C12H17ClN2S. The maximum Gasteiger partial charge on any atom is 0.0931 e. The number of hydrogen-bond donors (Lipinski definition) is 1. The largest absolute Gasteiger partial charge is 0.315 e. The maximum atomic E-state index is 5.98. The van der Waals surface area contributed by atoms with Crippen molar-refractivity contribution in [2.75, 3.05) is 19.6 Å². The molecular weight excluding hydrogens is 240 g/mol. The molecule has 1 N–H and O–H groups in total. The second-order valence-electron chi connectivity index (χ2n) is 4.80. The zero-order valence-electron chi connectivity index (χ0n) is 9.29. The van der Waals surface area contributed by atoms with Crippen LogP contribution in [0.2, 0.25) is 4.34 Å². The Bertz CT molecular complexity index is 366. The van der Waals surface area contributed by atoms with Gasteiger partial charge in [0.1, 0.15) is 0 Å². The lowest BCUT2D eigenvalue weighted by Gasteiger charge is -2.36. The van der Waals surface area contributed by atoms with Crippen LogP contribution in [0.25, 0.3) is 0 Å². The van der Waals surface area contributed by atoms with Crippen LogP contribution in [0.15, 0.2) is 12.1 Å². The van der Waals surface area contributed by atoms with Gasteiger partial charge in [0.15, 0.2) is 0 Å². The van der Waals surface area contributed by atoms with E-state index in [0.717, 1.165) is 22.8 Å². The van der Waals surface area contributed by atoms with Crippen LogP contribution < -0.4 is 5.32 Å². The average Bonchev–Trinajstić information content (AvgIpc) is 2.87. The first-order chi connectivity index (χ1) is 7.83. The number of thiophene rings is 1. The van der Waals surface area contributed by atoms with E-state index in [0.29, 0.717) is 0 Å². The molecule has 0 spiro atoms. The summed E-state index contributed by atoms with van der Waals surface area (Å²) in [6.45, 7) is 4.72. The predicted octanol–water partition coefficient (Wildman–Crippen LogP) is 2.59.